The van der Waals surface area contributed by atoms with Crippen molar-refractivity contribution in [1.82, 2.24) is 25.2 Å². The number of hydrogen-bond donors (Lipinski definition) is 7. The van der Waals surface area contributed by atoms with Crippen molar-refractivity contribution in [1.29, 1.82) is 0 Å². The molecule has 3 aromatic rings. The molecule has 0 aliphatic rings. The molecule has 1 aromatic carbocycles. The van der Waals surface area contributed by atoms with Crippen molar-refractivity contribution in [3.8, 4) is 0 Å². The second-order valence-corrected chi connectivity index (χ2v) is 9.93. The molecule has 3 rings (SSSR count). The van der Waals surface area contributed by atoms with E-state index in [-0.39, 0.29) is 29.9 Å². The predicted molar refractivity (Wildman–Crippen MR) is 154 cm³/mol. The minimum absolute atomic E-state index is 0.0329. The highest BCUT2D eigenvalue weighted by atomic mass is 16.4. The van der Waals surface area contributed by atoms with Gasteiger partial charge in [0.05, 0.1) is 5.39 Å². The van der Waals surface area contributed by atoms with Crippen LogP contribution < -0.4 is 26.8 Å². The Morgan fingerprint density at radius 3 is 2.21 bits per heavy atom. The van der Waals surface area contributed by atoms with E-state index in [4.69, 9.17) is 15.9 Å². The van der Waals surface area contributed by atoms with Crippen molar-refractivity contribution in [2.24, 2.45) is 7.05 Å². The Bertz CT molecular complexity index is 1580. The van der Waals surface area contributed by atoms with Crippen LogP contribution in [0.4, 0.5) is 11.6 Å². The molecule has 0 unspecified atom stereocenters. The van der Waals surface area contributed by atoms with Gasteiger partial charge >= 0.3 is 17.9 Å². The third-order valence-corrected chi connectivity index (χ3v) is 6.75. The Labute approximate surface area is 244 Å². The number of benzene rings is 1. The molecular weight excluding hydrogens is 566 g/mol. The highest BCUT2D eigenvalue weighted by Gasteiger charge is 2.25. The number of carboxylic acids is 3. The van der Waals surface area contributed by atoms with Gasteiger partial charge in [0.15, 0.2) is 0 Å². The largest absolute Gasteiger partial charge is 0.481 e. The average molecular weight is 600 g/mol. The van der Waals surface area contributed by atoms with E-state index in [1.54, 1.807) is 23.7 Å². The number of aromatic amines is 1. The van der Waals surface area contributed by atoms with E-state index in [9.17, 15) is 33.9 Å². The molecule has 0 spiro atoms. The highest BCUT2D eigenvalue weighted by molar-refractivity contribution is 5.97. The first-order chi connectivity index (χ1) is 20.3. The molecule has 0 saturated heterocycles. The number of fused-ring (bicyclic) bond motifs is 1. The number of hydrogen-bond acceptors (Lipinski definition) is 9. The summed E-state index contributed by atoms with van der Waals surface area (Å²) in [7, 11) is 3.61. The van der Waals surface area contributed by atoms with Gasteiger partial charge < -0.3 is 41.2 Å². The first-order valence-electron chi connectivity index (χ1n) is 13.2. The second-order valence-electron chi connectivity index (χ2n) is 9.93. The lowest BCUT2D eigenvalue weighted by Crippen LogP contribution is -2.44. The molecule has 16 heteroatoms. The molecule has 2 aromatic heterocycles. The molecule has 0 fully saturated rings. The predicted octanol–water partition coefficient (Wildman–Crippen LogP) is -0.0799. The van der Waals surface area contributed by atoms with Gasteiger partial charge in [-0.1, -0.05) is 0 Å². The van der Waals surface area contributed by atoms with Gasteiger partial charge in [0.2, 0.25) is 11.9 Å². The SMILES string of the molecule is CN(CCc1cn(C)c2nc(N)[nH]c(=O)c12)c1ccc(C(=O)N[C@@H](CCC(=O)N[C@@H](CCC(=O)O)C(=O)O)C(=O)O)cc1. The fourth-order valence-corrected chi connectivity index (χ4v) is 4.42. The Balaban J connectivity index is 1.56. The van der Waals surface area contributed by atoms with Crippen molar-refractivity contribution in [3.05, 3.63) is 51.9 Å². The van der Waals surface area contributed by atoms with E-state index in [1.165, 1.54) is 12.1 Å². The molecule has 8 N–H and O–H groups in total. The van der Waals surface area contributed by atoms with E-state index < -0.39 is 54.6 Å². The number of anilines is 2. The van der Waals surface area contributed by atoms with Crippen LogP contribution in [0.5, 0.6) is 0 Å². The van der Waals surface area contributed by atoms with Crippen molar-refractivity contribution >= 4 is 52.4 Å². The molecule has 0 bridgehead atoms. The van der Waals surface area contributed by atoms with Crippen molar-refractivity contribution < 1.29 is 39.3 Å². The van der Waals surface area contributed by atoms with Gasteiger partial charge in [0.1, 0.15) is 17.7 Å². The quantitative estimate of drug-likeness (QED) is 0.121. The topological polar surface area (TPSA) is 250 Å². The van der Waals surface area contributed by atoms with Crippen LogP contribution in [0.1, 0.15) is 41.6 Å². The lowest BCUT2D eigenvalue weighted by atomic mass is 10.1. The lowest BCUT2D eigenvalue weighted by molar-refractivity contribution is -0.143. The zero-order valence-electron chi connectivity index (χ0n) is 23.5. The van der Waals surface area contributed by atoms with Crippen LogP contribution in [0, 0.1) is 0 Å². The molecule has 230 valence electrons. The molecule has 2 heterocycles. The number of carbonyl (C=O) groups excluding carboxylic acids is 2. The number of aromatic nitrogens is 3. The molecule has 0 aliphatic heterocycles. The van der Waals surface area contributed by atoms with Gasteiger partial charge in [0, 0.05) is 50.9 Å². The van der Waals surface area contributed by atoms with E-state index in [1.807, 2.05) is 18.1 Å². The Morgan fingerprint density at radius 2 is 1.60 bits per heavy atom. The maximum absolute atomic E-state index is 12.7. The zero-order chi connectivity index (χ0) is 31.8. The zero-order valence-corrected chi connectivity index (χ0v) is 23.5. The van der Waals surface area contributed by atoms with Crippen LogP contribution in [-0.4, -0.2) is 85.3 Å². The molecule has 16 nitrogen and oxygen atoms in total. The maximum Gasteiger partial charge on any atom is 0.326 e. The van der Waals surface area contributed by atoms with E-state index in [0.29, 0.717) is 24.0 Å². The van der Waals surface area contributed by atoms with Crippen molar-refractivity contribution in [2.45, 2.75) is 44.2 Å². The first-order valence-corrected chi connectivity index (χ1v) is 13.2. The van der Waals surface area contributed by atoms with E-state index in [0.717, 1.165) is 11.3 Å². The summed E-state index contributed by atoms with van der Waals surface area (Å²) in [4.78, 5) is 79.6. The van der Waals surface area contributed by atoms with Gasteiger partial charge in [0.25, 0.3) is 11.5 Å². The number of aryl methyl sites for hydroxylation is 1. The van der Waals surface area contributed by atoms with Gasteiger partial charge in [-0.15, -0.1) is 0 Å². The van der Waals surface area contributed by atoms with Crippen LogP contribution in [0.2, 0.25) is 0 Å². The van der Waals surface area contributed by atoms with Gasteiger partial charge in [-0.05, 0) is 49.1 Å². The summed E-state index contributed by atoms with van der Waals surface area (Å²) in [5, 5.41) is 32.4. The van der Waals surface area contributed by atoms with Crippen LogP contribution in [-0.2, 0) is 32.6 Å². The number of H-pyrrole nitrogens is 1. The molecule has 0 aliphatic carbocycles. The van der Waals surface area contributed by atoms with Crippen molar-refractivity contribution in [2.75, 3.05) is 24.2 Å². The smallest absolute Gasteiger partial charge is 0.326 e. The van der Waals surface area contributed by atoms with Crippen LogP contribution >= 0.6 is 0 Å². The third-order valence-electron chi connectivity index (χ3n) is 6.75. The molecule has 0 radical (unpaired) electrons. The van der Waals surface area contributed by atoms with E-state index in [2.05, 4.69) is 20.6 Å². The van der Waals surface area contributed by atoms with Gasteiger partial charge in [-0.3, -0.25) is 24.2 Å². The summed E-state index contributed by atoms with van der Waals surface area (Å²) in [6.45, 7) is 0.524. The molecule has 43 heavy (non-hydrogen) atoms. The fraction of sp³-hybridized carbons (Fsp3) is 0.370. The average Bonchev–Trinajstić information content (AvgIpc) is 3.26. The number of nitrogens with one attached hydrogen (secondary N) is 3. The first kappa shape index (κ1) is 32.1. The summed E-state index contributed by atoms with van der Waals surface area (Å²) in [6.07, 6.45) is 0.794. The van der Waals surface area contributed by atoms with Crippen LogP contribution in [0.3, 0.4) is 0 Å². The number of nitrogens with zero attached hydrogens (tertiary/aromatic N) is 3. The Kier molecular flexibility index (Phi) is 10.4. The summed E-state index contributed by atoms with van der Waals surface area (Å²) in [5.74, 6) is -5.48. The normalized spacial score (nSPS) is 12.3. The van der Waals surface area contributed by atoms with Gasteiger partial charge in [-0.2, -0.15) is 4.98 Å². The third kappa shape index (κ3) is 8.54. The summed E-state index contributed by atoms with van der Waals surface area (Å²) in [5.41, 5.74) is 7.54. The summed E-state index contributed by atoms with van der Waals surface area (Å²) in [6, 6.07) is 3.52. The number of nitrogen functional groups attached to an aromatic ring is 1. The number of carbonyl (C=O) groups is 5. The number of aliphatic carboxylic acids is 3. The number of rotatable bonds is 15. The van der Waals surface area contributed by atoms with Crippen molar-refractivity contribution in [3.63, 3.8) is 0 Å². The number of carboxylic acid groups (broad SMARTS) is 3. The lowest BCUT2D eigenvalue weighted by Gasteiger charge is -2.20. The standard InChI is InChI=1S/C27H33N7O9/c1-33(12-11-15-13-34(2)22-21(15)24(39)32-27(28)31-22)16-5-3-14(4-6-16)23(38)30-18(26(42)43)7-9-19(35)29-17(25(40)41)8-10-20(36)37/h3-6,13,17-18H,7-12H2,1-2H3,(H,29,35)(H,30,38)(H,36,37)(H,40,41)(H,42,43)(H3,28,31,32,39)/t17-,18-/m0/s1. The minimum atomic E-state index is -1.44. The molecule has 2 amide bonds. The van der Waals surface area contributed by atoms with Crippen LogP contribution in [0.15, 0.2) is 35.3 Å². The summed E-state index contributed by atoms with van der Waals surface area (Å²) >= 11 is 0. The Hall–Kier alpha value is -5.41. The Morgan fingerprint density at radius 1 is 1.00 bits per heavy atom. The number of amides is 2. The molecular formula is C27H33N7O9. The summed E-state index contributed by atoms with van der Waals surface area (Å²) < 4.78 is 1.73. The second kappa shape index (κ2) is 14.0. The fourth-order valence-electron chi connectivity index (χ4n) is 4.42. The highest BCUT2D eigenvalue weighted by Crippen LogP contribution is 2.19. The minimum Gasteiger partial charge on any atom is -0.481 e. The van der Waals surface area contributed by atoms with Crippen LogP contribution in [0.25, 0.3) is 11.0 Å². The molecule has 2 atom stereocenters. The van der Waals surface area contributed by atoms with E-state index >= 15 is 0 Å². The number of likely N-dealkylation sites (N-methyl/N-ethyl adjacent to an activating group) is 1. The molecule has 0 saturated carbocycles. The number of nitrogens with two attached hydrogens (primary N) is 1. The van der Waals surface area contributed by atoms with Gasteiger partial charge in [-0.25, -0.2) is 9.59 Å². The maximum atomic E-state index is 12.7. The monoisotopic (exact) mass is 599 g/mol.